The minimum absolute atomic E-state index is 0.00429. The van der Waals surface area contributed by atoms with Crippen molar-refractivity contribution in [2.75, 3.05) is 26.2 Å². The first-order valence-electron chi connectivity index (χ1n) is 7.65. The van der Waals surface area contributed by atoms with Gasteiger partial charge in [0.05, 0.1) is 0 Å². The summed E-state index contributed by atoms with van der Waals surface area (Å²) in [5.41, 5.74) is 1.96. The van der Waals surface area contributed by atoms with E-state index in [0.29, 0.717) is 6.54 Å². The van der Waals surface area contributed by atoms with Gasteiger partial charge >= 0.3 is 0 Å². The van der Waals surface area contributed by atoms with Crippen molar-refractivity contribution in [3.05, 3.63) is 47.5 Å². The van der Waals surface area contributed by atoms with Gasteiger partial charge in [0, 0.05) is 18.7 Å². The molecule has 0 spiro atoms. The summed E-state index contributed by atoms with van der Waals surface area (Å²) in [5.74, 6) is 0.00429. The molecule has 0 bridgehead atoms. The van der Waals surface area contributed by atoms with Gasteiger partial charge in [-0.2, -0.15) is 0 Å². The fourth-order valence-electron chi connectivity index (χ4n) is 2.48. The van der Waals surface area contributed by atoms with E-state index < -0.39 is 0 Å². The molecule has 21 heavy (non-hydrogen) atoms. The molecule has 1 amide bonds. The molecule has 2 aromatic carbocycles. The summed E-state index contributed by atoms with van der Waals surface area (Å²) in [4.78, 5) is 14.5. The van der Waals surface area contributed by atoms with E-state index in [9.17, 15) is 4.79 Å². The fourth-order valence-corrected chi connectivity index (χ4v) is 2.48. The van der Waals surface area contributed by atoms with Gasteiger partial charge in [0.1, 0.15) is 0 Å². The van der Waals surface area contributed by atoms with Crippen molar-refractivity contribution >= 4 is 16.7 Å². The molecule has 0 radical (unpaired) electrons. The van der Waals surface area contributed by atoms with Gasteiger partial charge in [0.15, 0.2) is 0 Å². The molecule has 2 aromatic rings. The zero-order valence-electron chi connectivity index (χ0n) is 13.1. The maximum Gasteiger partial charge on any atom is 0.251 e. The maximum absolute atomic E-state index is 12.2. The summed E-state index contributed by atoms with van der Waals surface area (Å²) in [6, 6.07) is 12.1. The Hall–Kier alpha value is -1.87. The van der Waals surface area contributed by atoms with Crippen LogP contribution in [0.25, 0.3) is 10.8 Å². The van der Waals surface area contributed by atoms with E-state index >= 15 is 0 Å². The van der Waals surface area contributed by atoms with Crippen LogP contribution in [0.1, 0.15) is 29.8 Å². The Morgan fingerprint density at radius 2 is 1.71 bits per heavy atom. The zero-order valence-corrected chi connectivity index (χ0v) is 13.1. The Morgan fingerprint density at radius 1 is 1.05 bits per heavy atom. The molecule has 0 aromatic heterocycles. The number of carbonyl (C=O) groups excluding carboxylic acids is 1. The maximum atomic E-state index is 12.2. The Balaban J connectivity index is 2.01. The Bertz CT molecular complexity index is 618. The largest absolute Gasteiger partial charge is 0.351 e. The lowest BCUT2D eigenvalue weighted by Gasteiger charge is -2.18. The van der Waals surface area contributed by atoms with Crippen LogP contribution in [0.2, 0.25) is 0 Å². The summed E-state index contributed by atoms with van der Waals surface area (Å²) in [6.07, 6.45) is 0. The molecule has 0 aliphatic rings. The van der Waals surface area contributed by atoms with Crippen LogP contribution in [0.4, 0.5) is 0 Å². The number of nitrogens with one attached hydrogen (secondary N) is 1. The van der Waals surface area contributed by atoms with Gasteiger partial charge < -0.3 is 10.2 Å². The predicted octanol–water partition coefficient (Wildman–Crippen LogP) is 3.22. The normalized spacial score (nSPS) is 11.0. The molecule has 2 rings (SSSR count). The molecule has 112 valence electrons. The smallest absolute Gasteiger partial charge is 0.251 e. The van der Waals surface area contributed by atoms with Crippen molar-refractivity contribution in [3.63, 3.8) is 0 Å². The van der Waals surface area contributed by atoms with Crippen LogP contribution in [0.3, 0.4) is 0 Å². The van der Waals surface area contributed by atoms with E-state index in [-0.39, 0.29) is 5.91 Å². The predicted molar refractivity (Wildman–Crippen MR) is 88.8 cm³/mol. The molecule has 0 heterocycles. The van der Waals surface area contributed by atoms with E-state index in [1.54, 1.807) is 0 Å². The monoisotopic (exact) mass is 284 g/mol. The number of nitrogens with zero attached hydrogens (tertiary/aromatic N) is 1. The van der Waals surface area contributed by atoms with Crippen molar-refractivity contribution in [2.24, 2.45) is 0 Å². The molecule has 0 saturated heterocycles. The van der Waals surface area contributed by atoms with Crippen molar-refractivity contribution < 1.29 is 4.79 Å². The molecule has 3 nitrogen and oxygen atoms in total. The number of likely N-dealkylation sites (N-methyl/N-ethyl adjacent to an activating group) is 1. The number of aryl methyl sites for hydroxylation is 1. The summed E-state index contributed by atoms with van der Waals surface area (Å²) in [5, 5.41) is 5.28. The number of amides is 1. The number of hydrogen-bond donors (Lipinski definition) is 1. The highest BCUT2D eigenvalue weighted by atomic mass is 16.1. The van der Waals surface area contributed by atoms with Gasteiger partial charge in [0.25, 0.3) is 5.91 Å². The van der Waals surface area contributed by atoms with Crippen LogP contribution in [0, 0.1) is 6.92 Å². The molecule has 0 aliphatic heterocycles. The van der Waals surface area contributed by atoms with Crippen LogP contribution in [0.5, 0.6) is 0 Å². The first-order chi connectivity index (χ1) is 10.1. The molecule has 1 N–H and O–H groups in total. The second-order valence-corrected chi connectivity index (χ2v) is 5.35. The standard InChI is InChI=1S/C18H24N2O/c1-4-20(5-2)11-10-19-18(21)17-9-8-15-12-14(3)6-7-16(15)13-17/h6-9,12-13H,4-5,10-11H2,1-3H3,(H,19,21). The van der Waals surface area contributed by atoms with Crippen LogP contribution in [-0.2, 0) is 0 Å². The molecule has 0 aliphatic carbocycles. The first-order valence-corrected chi connectivity index (χ1v) is 7.65. The fraction of sp³-hybridized carbons (Fsp3) is 0.389. The van der Waals surface area contributed by atoms with Gasteiger partial charge in [-0.1, -0.05) is 43.7 Å². The van der Waals surface area contributed by atoms with Crippen LogP contribution in [0.15, 0.2) is 36.4 Å². The number of rotatable bonds is 6. The highest BCUT2D eigenvalue weighted by molar-refractivity contribution is 5.98. The van der Waals surface area contributed by atoms with Crippen molar-refractivity contribution in [3.8, 4) is 0 Å². The molecule has 3 heteroatoms. The number of fused-ring (bicyclic) bond motifs is 1. The van der Waals surface area contributed by atoms with E-state index in [2.05, 4.69) is 49.2 Å². The molecule has 0 saturated carbocycles. The molecular weight excluding hydrogens is 260 g/mol. The van der Waals surface area contributed by atoms with Gasteiger partial charge in [0.2, 0.25) is 0 Å². The third-order valence-electron chi connectivity index (χ3n) is 3.87. The second kappa shape index (κ2) is 7.23. The molecule has 0 unspecified atom stereocenters. The first kappa shape index (κ1) is 15.5. The minimum Gasteiger partial charge on any atom is -0.351 e. The lowest BCUT2D eigenvalue weighted by atomic mass is 10.0. The minimum atomic E-state index is 0.00429. The average Bonchev–Trinajstić information content (AvgIpc) is 2.50. The summed E-state index contributed by atoms with van der Waals surface area (Å²) >= 11 is 0. The van der Waals surface area contributed by atoms with Crippen LogP contribution < -0.4 is 5.32 Å². The lowest BCUT2D eigenvalue weighted by Crippen LogP contribution is -2.34. The van der Waals surface area contributed by atoms with Gasteiger partial charge in [-0.15, -0.1) is 0 Å². The summed E-state index contributed by atoms with van der Waals surface area (Å²) in [6.45, 7) is 9.96. The second-order valence-electron chi connectivity index (χ2n) is 5.35. The van der Waals surface area contributed by atoms with Crippen molar-refractivity contribution in [1.82, 2.24) is 10.2 Å². The van der Waals surface area contributed by atoms with Crippen molar-refractivity contribution in [2.45, 2.75) is 20.8 Å². The number of carbonyl (C=O) groups is 1. The van der Waals surface area contributed by atoms with E-state index in [4.69, 9.17) is 0 Å². The summed E-state index contributed by atoms with van der Waals surface area (Å²) in [7, 11) is 0. The topological polar surface area (TPSA) is 32.3 Å². The third-order valence-corrected chi connectivity index (χ3v) is 3.87. The van der Waals surface area contributed by atoms with Crippen LogP contribution in [-0.4, -0.2) is 37.0 Å². The van der Waals surface area contributed by atoms with E-state index in [1.807, 2.05) is 18.2 Å². The highest BCUT2D eigenvalue weighted by Crippen LogP contribution is 2.17. The SMILES string of the molecule is CCN(CC)CCNC(=O)c1ccc2cc(C)ccc2c1. The highest BCUT2D eigenvalue weighted by Gasteiger charge is 2.07. The third kappa shape index (κ3) is 4.05. The van der Waals surface area contributed by atoms with Crippen LogP contribution >= 0.6 is 0 Å². The number of benzene rings is 2. The Labute approximate surface area is 127 Å². The quantitative estimate of drug-likeness (QED) is 0.883. The molecular formula is C18H24N2O. The average molecular weight is 284 g/mol. The van der Waals surface area contributed by atoms with E-state index in [1.165, 1.54) is 10.9 Å². The zero-order chi connectivity index (χ0) is 15.2. The van der Waals surface area contributed by atoms with Crippen molar-refractivity contribution in [1.29, 1.82) is 0 Å². The Kier molecular flexibility index (Phi) is 5.34. The van der Waals surface area contributed by atoms with E-state index in [0.717, 1.165) is 30.6 Å². The van der Waals surface area contributed by atoms with Gasteiger partial charge in [-0.25, -0.2) is 0 Å². The summed E-state index contributed by atoms with van der Waals surface area (Å²) < 4.78 is 0. The van der Waals surface area contributed by atoms with Gasteiger partial charge in [-0.3, -0.25) is 4.79 Å². The molecule has 0 atom stereocenters. The number of hydrogen-bond acceptors (Lipinski definition) is 2. The lowest BCUT2D eigenvalue weighted by molar-refractivity contribution is 0.0949. The van der Waals surface area contributed by atoms with Gasteiger partial charge in [-0.05, 0) is 42.9 Å². The molecule has 0 fully saturated rings. The Morgan fingerprint density at radius 3 is 2.43 bits per heavy atom.